The number of benzene rings is 1. The van der Waals surface area contributed by atoms with E-state index in [0.717, 1.165) is 25.8 Å². The van der Waals surface area contributed by atoms with E-state index in [1.165, 1.54) is 10.9 Å². The molecule has 1 saturated heterocycles. The van der Waals surface area contributed by atoms with Crippen molar-refractivity contribution in [3.63, 3.8) is 0 Å². The third-order valence-corrected chi connectivity index (χ3v) is 4.87. The second-order valence-corrected chi connectivity index (χ2v) is 6.49. The number of rotatable bonds is 5. The second-order valence-electron chi connectivity index (χ2n) is 6.49. The predicted octanol–water partition coefficient (Wildman–Crippen LogP) is 2.41. The summed E-state index contributed by atoms with van der Waals surface area (Å²) in [5.74, 6) is 0.288. The molecule has 2 heterocycles. The van der Waals surface area contributed by atoms with E-state index in [9.17, 15) is 9.59 Å². The van der Waals surface area contributed by atoms with E-state index in [2.05, 4.69) is 34.3 Å². The van der Waals surface area contributed by atoms with Crippen molar-refractivity contribution in [3.05, 3.63) is 36.5 Å². The van der Waals surface area contributed by atoms with Gasteiger partial charge in [0.2, 0.25) is 11.8 Å². The van der Waals surface area contributed by atoms with E-state index in [1.807, 2.05) is 17.0 Å². The number of piperidine rings is 1. The molecule has 5 nitrogen and oxygen atoms in total. The van der Waals surface area contributed by atoms with Gasteiger partial charge in [-0.2, -0.15) is 0 Å². The van der Waals surface area contributed by atoms with E-state index in [0.29, 0.717) is 19.6 Å². The number of likely N-dealkylation sites (tertiary alicyclic amines) is 1. The Morgan fingerprint density at radius 1 is 1.17 bits per heavy atom. The van der Waals surface area contributed by atoms with Crippen molar-refractivity contribution >= 4 is 22.7 Å². The van der Waals surface area contributed by atoms with Crippen molar-refractivity contribution < 1.29 is 9.59 Å². The van der Waals surface area contributed by atoms with Crippen molar-refractivity contribution in [2.24, 2.45) is 5.92 Å². The molecule has 0 bridgehead atoms. The highest BCUT2D eigenvalue weighted by molar-refractivity contribution is 5.80. The molecule has 2 aromatic rings. The fraction of sp³-hybridized carbons (Fsp3) is 0.474. The summed E-state index contributed by atoms with van der Waals surface area (Å²) in [4.78, 5) is 25.4. The molecule has 3 rings (SSSR count). The minimum atomic E-state index is 0.0491. The zero-order valence-electron chi connectivity index (χ0n) is 14.2. The fourth-order valence-electron chi connectivity index (χ4n) is 3.40. The Hall–Kier alpha value is -2.30. The molecule has 0 saturated carbocycles. The summed E-state index contributed by atoms with van der Waals surface area (Å²) in [6, 6.07) is 10.5. The Bertz CT molecular complexity index is 714. The van der Waals surface area contributed by atoms with Crippen molar-refractivity contribution in [3.8, 4) is 0 Å². The van der Waals surface area contributed by atoms with Crippen LogP contribution in [0, 0.1) is 5.92 Å². The van der Waals surface area contributed by atoms with Gasteiger partial charge in [0.15, 0.2) is 0 Å². The number of fused-ring (bicyclic) bond motifs is 1. The maximum absolute atomic E-state index is 12.2. The molecule has 1 aromatic heterocycles. The Kier molecular flexibility index (Phi) is 5.18. The van der Waals surface area contributed by atoms with Gasteiger partial charge in [-0.15, -0.1) is 0 Å². The lowest BCUT2D eigenvalue weighted by atomic mass is 9.96. The molecule has 0 spiro atoms. The molecule has 1 aromatic carbocycles. The van der Waals surface area contributed by atoms with Crippen molar-refractivity contribution in [2.45, 2.75) is 32.7 Å². The van der Waals surface area contributed by atoms with Crippen LogP contribution in [-0.2, 0) is 16.1 Å². The van der Waals surface area contributed by atoms with Gasteiger partial charge in [0.05, 0.1) is 0 Å². The van der Waals surface area contributed by atoms with Gasteiger partial charge in [-0.1, -0.05) is 18.2 Å². The first-order chi connectivity index (χ1) is 11.6. The number of hydrogen-bond donors (Lipinski definition) is 1. The molecule has 2 amide bonds. The number of hydrogen-bond acceptors (Lipinski definition) is 2. The highest BCUT2D eigenvalue weighted by atomic mass is 16.2. The average molecular weight is 327 g/mol. The number of nitrogens with one attached hydrogen (secondary N) is 1. The number of aryl methyl sites for hydroxylation is 1. The maximum atomic E-state index is 12.2. The Morgan fingerprint density at radius 2 is 1.92 bits per heavy atom. The number of carbonyl (C=O) groups is 2. The lowest BCUT2D eigenvalue weighted by molar-refractivity contribution is -0.133. The van der Waals surface area contributed by atoms with Gasteiger partial charge in [0.1, 0.15) is 0 Å². The first-order valence-electron chi connectivity index (χ1n) is 8.72. The van der Waals surface area contributed by atoms with Gasteiger partial charge in [-0.25, -0.2) is 0 Å². The Morgan fingerprint density at radius 3 is 2.67 bits per heavy atom. The second kappa shape index (κ2) is 7.51. The lowest BCUT2D eigenvalue weighted by Gasteiger charge is -2.30. The molecule has 1 aliphatic rings. The van der Waals surface area contributed by atoms with Gasteiger partial charge in [-0.3, -0.25) is 9.59 Å². The molecular formula is C19H25N3O2. The smallest absolute Gasteiger partial charge is 0.223 e. The first-order valence-corrected chi connectivity index (χ1v) is 8.72. The third kappa shape index (κ3) is 3.78. The normalized spacial score (nSPS) is 15.6. The van der Waals surface area contributed by atoms with Crippen molar-refractivity contribution in [2.75, 3.05) is 19.6 Å². The highest BCUT2D eigenvalue weighted by Gasteiger charge is 2.25. The molecule has 128 valence electrons. The largest absolute Gasteiger partial charge is 0.356 e. The van der Waals surface area contributed by atoms with Crippen LogP contribution in [-0.4, -0.2) is 40.9 Å². The van der Waals surface area contributed by atoms with Gasteiger partial charge in [0.25, 0.3) is 0 Å². The van der Waals surface area contributed by atoms with Gasteiger partial charge in [-0.05, 0) is 36.8 Å². The van der Waals surface area contributed by atoms with Crippen molar-refractivity contribution in [1.29, 1.82) is 0 Å². The summed E-state index contributed by atoms with van der Waals surface area (Å²) in [6.07, 6.45) is 4.56. The van der Waals surface area contributed by atoms with Crippen LogP contribution in [0.3, 0.4) is 0 Å². The predicted molar refractivity (Wildman–Crippen MR) is 94.5 cm³/mol. The van der Waals surface area contributed by atoms with E-state index < -0.39 is 0 Å². The molecule has 5 heteroatoms. The third-order valence-electron chi connectivity index (χ3n) is 4.87. The van der Waals surface area contributed by atoms with Crippen LogP contribution < -0.4 is 5.32 Å². The molecule has 0 radical (unpaired) electrons. The first kappa shape index (κ1) is 16.6. The molecule has 0 aliphatic carbocycles. The summed E-state index contributed by atoms with van der Waals surface area (Å²) >= 11 is 0. The van der Waals surface area contributed by atoms with E-state index in [-0.39, 0.29) is 17.7 Å². The Balaban J connectivity index is 1.40. The molecule has 1 N–H and O–H groups in total. The molecule has 1 fully saturated rings. The zero-order valence-corrected chi connectivity index (χ0v) is 14.2. The standard InChI is InChI=1S/C19H25N3O2/c1-15(23)21-12-8-17(9-13-21)19(24)20-10-4-11-22-14-7-16-5-2-3-6-18(16)22/h2-3,5-7,14,17H,4,8-13H2,1H3,(H,20,24). The summed E-state index contributed by atoms with van der Waals surface area (Å²) in [7, 11) is 0. The molecular weight excluding hydrogens is 302 g/mol. The van der Waals surface area contributed by atoms with E-state index in [1.54, 1.807) is 6.92 Å². The summed E-state index contributed by atoms with van der Waals surface area (Å²) in [6.45, 7) is 4.58. The Labute approximate surface area is 142 Å². The number of carbonyl (C=O) groups excluding carboxylic acids is 2. The van der Waals surface area contributed by atoms with Crippen LogP contribution in [0.4, 0.5) is 0 Å². The quantitative estimate of drug-likeness (QED) is 0.858. The molecule has 24 heavy (non-hydrogen) atoms. The van der Waals surface area contributed by atoms with Gasteiger partial charge >= 0.3 is 0 Å². The summed E-state index contributed by atoms with van der Waals surface area (Å²) < 4.78 is 2.23. The monoisotopic (exact) mass is 327 g/mol. The van der Waals surface area contributed by atoms with Crippen LogP contribution in [0.15, 0.2) is 36.5 Å². The minimum absolute atomic E-state index is 0.0491. The molecule has 0 unspecified atom stereocenters. The van der Waals surface area contributed by atoms with Crippen LogP contribution in [0.1, 0.15) is 26.2 Å². The number of para-hydroxylation sites is 1. The van der Waals surface area contributed by atoms with Crippen LogP contribution in [0.5, 0.6) is 0 Å². The molecule has 1 aliphatic heterocycles. The van der Waals surface area contributed by atoms with Crippen LogP contribution >= 0.6 is 0 Å². The number of aromatic nitrogens is 1. The number of amides is 2. The van der Waals surface area contributed by atoms with Gasteiger partial charge < -0.3 is 14.8 Å². The SMILES string of the molecule is CC(=O)N1CCC(C(=O)NCCCn2ccc3ccccc32)CC1. The van der Waals surface area contributed by atoms with Gasteiger partial charge in [0, 0.05) is 50.7 Å². The van der Waals surface area contributed by atoms with Crippen molar-refractivity contribution in [1.82, 2.24) is 14.8 Å². The van der Waals surface area contributed by atoms with E-state index >= 15 is 0 Å². The number of nitrogens with zero attached hydrogens (tertiary/aromatic N) is 2. The zero-order chi connectivity index (χ0) is 16.9. The average Bonchev–Trinajstić information content (AvgIpc) is 3.02. The fourth-order valence-corrected chi connectivity index (χ4v) is 3.40. The lowest BCUT2D eigenvalue weighted by Crippen LogP contribution is -2.42. The topological polar surface area (TPSA) is 54.3 Å². The molecule has 0 atom stereocenters. The maximum Gasteiger partial charge on any atom is 0.223 e. The highest BCUT2D eigenvalue weighted by Crippen LogP contribution is 2.18. The van der Waals surface area contributed by atoms with Crippen LogP contribution in [0.2, 0.25) is 0 Å². The summed E-state index contributed by atoms with van der Waals surface area (Å²) in [5, 5.41) is 4.30. The van der Waals surface area contributed by atoms with E-state index in [4.69, 9.17) is 0 Å². The summed E-state index contributed by atoms with van der Waals surface area (Å²) in [5.41, 5.74) is 1.24. The van der Waals surface area contributed by atoms with Crippen LogP contribution in [0.25, 0.3) is 10.9 Å². The minimum Gasteiger partial charge on any atom is -0.356 e.